The van der Waals surface area contributed by atoms with Crippen molar-refractivity contribution >= 4 is 16.0 Å². The van der Waals surface area contributed by atoms with Gasteiger partial charge >= 0.3 is 12.1 Å². The van der Waals surface area contributed by atoms with Crippen molar-refractivity contribution in [1.29, 1.82) is 0 Å². The first-order chi connectivity index (χ1) is 11.1. The van der Waals surface area contributed by atoms with Crippen molar-refractivity contribution < 1.29 is 31.5 Å². The van der Waals surface area contributed by atoms with E-state index >= 15 is 0 Å². The molecule has 1 fully saturated rings. The minimum absolute atomic E-state index is 0.0322. The molecule has 0 unspecified atom stereocenters. The quantitative estimate of drug-likeness (QED) is 0.840. The van der Waals surface area contributed by atoms with Crippen LogP contribution < -0.4 is 4.72 Å². The standard InChI is InChI=1S/C15H18F3NO4S/c16-15(17,18)12-5-7-13(8-6-12)24(22,23)19-9-10-1-3-11(4-2-10)14(20)21/h5-8,10-11,19H,1-4,9H2,(H,20,21)/t10-,11-. The molecule has 1 aromatic rings. The van der Waals surface area contributed by atoms with Crippen LogP contribution in [0.5, 0.6) is 0 Å². The van der Waals surface area contributed by atoms with Crippen LogP contribution in [0, 0.1) is 11.8 Å². The van der Waals surface area contributed by atoms with Gasteiger partial charge in [-0.2, -0.15) is 13.2 Å². The van der Waals surface area contributed by atoms with Crippen LogP contribution >= 0.6 is 0 Å². The average molecular weight is 365 g/mol. The summed E-state index contributed by atoms with van der Waals surface area (Å²) in [5.74, 6) is -1.18. The molecule has 0 spiro atoms. The Labute approximate surface area is 137 Å². The Bertz CT molecular complexity index is 678. The molecule has 1 aliphatic carbocycles. The lowest BCUT2D eigenvalue weighted by molar-refractivity contribution is -0.143. The fourth-order valence-corrected chi connectivity index (χ4v) is 3.86. The number of alkyl halides is 3. The number of carboxylic acids is 1. The van der Waals surface area contributed by atoms with E-state index in [1.54, 1.807) is 0 Å². The molecular weight excluding hydrogens is 347 g/mol. The molecule has 2 N–H and O–H groups in total. The number of carboxylic acid groups (broad SMARTS) is 1. The lowest BCUT2D eigenvalue weighted by Crippen LogP contribution is -2.32. The van der Waals surface area contributed by atoms with E-state index < -0.39 is 27.7 Å². The van der Waals surface area contributed by atoms with Crippen LogP contribution in [0.2, 0.25) is 0 Å². The lowest BCUT2D eigenvalue weighted by Gasteiger charge is -2.26. The zero-order valence-electron chi connectivity index (χ0n) is 12.7. The molecule has 134 valence electrons. The van der Waals surface area contributed by atoms with E-state index in [2.05, 4.69) is 4.72 Å². The summed E-state index contributed by atoms with van der Waals surface area (Å²) < 4.78 is 64.1. The van der Waals surface area contributed by atoms with E-state index in [-0.39, 0.29) is 23.3 Å². The van der Waals surface area contributed by atoms with E-state index in [9.17, 15) is 26.4 Å². The van der Waals surface area contributed by atoms with Crippen LogP contribution in [-0.2, 0) is 21.0 Å². The van der Waals surface area contributed by atoms with Gasteiger partial charge in [-0.15, -0.1) is 0 Å². The Hall–Kier alpha value is -1.61. The van der Waals surface area contributed by atoms with Crippen molar-refractivity contribution in [3.63, 3.8) is 0 Å². The maximum absolute atomic E-state index is 12.5. The number of nitrogens with one attached hydrogen (secondary N) is 1. The number of aliphatic carboxylic acids is 1. The van der Waals surface area contributed by atoms with Gasteiger partial charge < -0.3 is 5.11 Å². The number of halogens is 3. The van der Waals surface area contributed by atoms with Crippen molar-refractivity contribution in [2.24, 2.45) is 11.8 Å². The third-order valence-corrected chi connectivity index (χ3v) is 5.69. The van der Waals surface area contributed by atoms with Gasteiger partial charge in [-0.05, 0) is 55.9 Å². The molecule has 0 radical (unpaired) electrons. The molecule has 24 heavy (non-hydrogen) atoms. The van der Waals surface area contributed by atoms with Gasteiger partial charge in [0.1, 0.15) is 0 Å². The Morgan fingerprint density at radius 1 is 1.12 bits per heavy atom. The third-order valence-electron chi connectivity index (χ3n) is 4.25. The van der Waals surface area contributed by atoms with E-state index in [0.717, 1.165) is 24.3 Å². The molecule has 0 atom stereocenters. The molecule has 1 aliphatic rings. The zero-order valence-corrected chi connectivity index (χ0v) is 13.5. The number of carbonyl (C=O) groups is 1. The minimum Gasteiger partial charge on any atom is -0.481 e. The highest BCUT2D eigenvalue weighted by atomic mass is 32.2. The Morgan fingerprint density at radius 3 is 2.12 bits per heavy atom. The lowest BCUT2D eigenvalue weighted by atomic mass is 9.82. The first-order valence-electron chi connectivity index (χ1n) is 7.49. The molecule has 0 amide bonds. The number of rotatable bonds is 5. The van der Waals surface area contributed by atoms with Crippen LogP contribution in [0.15, 0.2) is 29.2 Å². The second kappa shape index (κ2) is 7.10. The number of benzene rings is 1. The predicted octanol–water partition coefficient (Wildman–Crippen LogP) is 2.87. The first kappa shape index (κ1) is 18.7. The van der Waals surface area contributed by atoms with Crippen molar-refractivity contribution in [3.8, 4) is 0 Å². The molecular formula is C15H18F3NO4S. The van der Waals surface area contributed by atoms with Gasteiger partial charge in [0.25, 0.3) is 0 Å². The maximum atomic E-state index is 12.5. The van der Waals surface area contributed by atoms with Gasteiger partial charge in [-0.3, -0.25) is 4.79 Å². The molecule has 9 heteroatoms. The molecule has 0 aromatic heterocycles. The summed E-state index contributed by atoms with van der Waals surface area (Å²) in [6.45, 7) is 0.149. The van der Waals surface area contributed by atoms with E-state index in [0.29, 0.717) is 25.7 Å². The van der Waals surface area contributed by atoms with Crippen molar-refractivity contribution in [1.82, 2.24) is 4.72 Å². The minimum atomic E-state index is -4.52. The number of hydrogen-bond donors (Lipinski definition) is 2. The monoisotopic (exact) mass is 365 g/mol. The molecule has 0 bridgehead atoms. The van der Waals surface area contributed by atoms with Gasteiger partial charge in [0.2, 0.25) is 10.0 Å². The fraction of sp³-hybridized carbons (Fsp3) is 0.533. The summed E-state index contributed by atoms with van der Waals surface area (Å²) in [7, 11) is -3.89. The molecule has 1 aromatic carbocycles. The second-order valence-corrected chi connectivity index (χ2v) is 7.70. The summed E-state index contributed by atoms with van der Waals surface area (Å²) in [5, 5.41) is 8.92. The largest absolute Gasteiger partial charge is 0.481 e. The highest BCUT2D eigenvalue weighted by molar-refractivity contribution is 7.89. The van der Waals surface area contributed by atoms with Gasteiger partial charge in [0, 0.05) is 6.54 Å². The number of sulfonamides is 1. The van der Waals surface area contributed by atoms with Crippen molar-refractivity contribution in [2.75, 3.05) is 6.54 Å². The van der Waals surface area contributed by atoms with Gasteiger partial charge in [-0.25, -0.2) is 13.1 Å². The molecule has 5 nitrogen and oxygen atoms in total. The van der Waals surface area contributed by atoms with Crippen LogP contribution in [-0.4, -0.2) is 26.0 Å². The van der Waals surface area contributed by atoms with Gasteiger partial charge in [0.05, 0.1) is 16.4 Å². The highest BCUT2D eigenvalue weighted by Gasteiger charge is 2.31. The summed E-state index contributed by atoms with van der Waals surface area (Å²) in [6.07, 6.45) is -2.30. The van der Waals surface area contributed by atoms with Crippen molar-refractivity contribution in [3.05, 3.63) is 29.8 Å². The smallest absolute Gasteiger partial charge is 0.416 e. The SMILES string of the molecule is O=C(O)[C@H]1CC[C@H](CNS(=O)(=O)c2ccc(C(F)(F)F)cc2)CC1. The predicted molar refractivity (Wildman–Crippen MR) is 79.7 cm³/mol. The Balaban J connectivity index is 1.93. The van der Waals surface area contributed by atoms with Gasteiger partial charge in [0.15, 0.2) is 0 Å². The zero-order chi connectivity index (χ0) is 18.0. The maximum Gasteiger partial charge on any atom is 0.416 e. The molecule has 0 aliphatic heterocycles. The second-order valence-electron chi connectivity index (χ2n) is 5.93. The van der Waals surface area contributed by atoms with Crippen LogP contribution in [0.3, 0.4) is 0 Å². The van der Waals surface area contributed by atoms with Crippen LogP contribution in [0.25, 0.3) is 0 Å². The van der Waals surface area contributed by atoms with E-state index in [1.807, 2.05) is 0 Å². The normalized spacial score (nSPS) is 22.3. The summed E-state index contributed by atoms with van der Waals surface area (Å²) >= 11 is 0. The van der Waals surface area contributed by atoms with Crippen LogP contribution in [0.4, 0.5) is 13.2 Å². The summed E-state index contributed by atoms with van der Waals surface area (Å²) in [4.78, 5) is 10.6. The van der Waals surface area contributed by atoms with Crippen LogP contribution in [0.1, 0.15) is 31.2 Å². The van der Waals surface area contributed by atoms with Crippen molar-refractivity contribution in [2.45, 2.75) is 36.8 Å². The number of hydrogen-bond acceptors (Lipinski definition) is 3. The summed E-state index contributed by atoms with van der Waals surface area (Å²) in [6, 6.07) is 3.30. The fourth-order valence-electron chi connectivity index (χ4n) is 2.75. The highest BCUT2D eigenvalue weighted by Crippen LogP contribution is 2.30. The first-order valence-corrected chi connectivity index (χ1v) is 8.97. The molecule has 0 saturated heterocycles. The van der Waals surface area contributed by atoms with E-state index in [1.165, 1.54) is 0 Å². The Kier molecular flexibility index (Phi) is 5.54. The summed E-state index contributed by atoms with van der Waals surface area (Å²) in [5.41, 5.74) is -0.909. The van der Waals surface area contributed by atoms with Gasteiger partial charge in [-0.1, -0.05) is 0 Å². The Morgan fingerprint density at radius 2 is 1.67 bits per heavy atom. The molecule has 1 saturated carbocycles. The van der Waals surface area contributed by atoms with E-state index in [4.69, 9.17) is 5.11 Å². The topological polar surface area (TPSA) is 83.5 Å². The molecule has 0 heterocycles. The average Bonchev–Trinajstić information content (AvgIpc) is 2.53. The third kappa shape index (κ3) is 4.70. The molecule has 2 rings (SSSR count).